The van der Waals surface area contributed by atoms with Gasteiger partial charge in [0.1, 0.15) is 0 Å². The van der Waals surface area contributed by atoms with Gasteiger partial charge < -0.3 is 0 Å². The second-order valence-electron chi connectivity index (χ2n) is 18.6. The molecule has 0 nitrogen and oxygen atoms in total. The van der Waals surface area contributed by atoms with Crippen LogP contribution in [0.25, 0.3) is 0 Å². The Morgan fingerprint density at radius 3 is 0.273 bits per heavy atom. The third kappa shape index (κ3) is 7.94. The zero-order valence-electron chi connectivity index (χ0n) is 42.7. The van der Waals surface area contributed by atoms with Crippen molar-refractivity contribution in [1.29, 1.82) is 0 Å². The van der Waals surface area contributed by atoms with E-state index in [9.17, 15) is 0 Å². The molecule has 0 amide bonds. The Morgan fingerprint density at radius 1 is 0.117 bits per heavy atom. The predicted molar refractivity (Wildman–Crippen MR) is 341 cm³/mol. The Kier molecular flexibility index (Phi) is 14.8. The SMILES string of the molecule is c1ccc([P](c2ccccc2)(c2ccccc2)[Ni]([P](c2ccccc2)(c2ccccc2)c2ccccc2)([P](c2ccccc2)(c2ccccc2)c2ccccc2)[P](c2ccccc2)(c2ccccc2)c2ccccc2)cc1. The first-order chi connectivity index (χ1) is 38.3. The molecule has 378 valence electrons. The third-order valence-electron chi connectivity index (χ3n) is 14.3. The summed E-state index contributed by atoms with van der Waals surface area (Å²) in [5.74, 6) is 0. The summed E-state index contributed by atoms with van der Waals surface area (Å²) in [6, 6.07) is 131. The van der Waals surface area contributed by atoms with Crippen LogP contribution in [0.4, 0.5) is 0 Å². The first-order valence-corrected chi connectivity index (χ1v) is 38.0. The number of hydrogen-bond donors (Lipinski definition) is 0. The van der Waals surface area contributed by atoms with E-state index in [1.807, 2.05) is 0 Å². The average molecular weight is 1110 g/mol. The van der Waals surface area contributed by atoms with Crippen LogP contribution in [0.15, 0.2) is 364 Å². The number of rotatable bonds is 16. The minimum atomic E-state index is -3.41. The van der Waals surface area contributed by atoms with Gasteiger partial charge in [0.2, 0.25) is 0 Å². The molecule has 12 aromatic carbocycles. The molecule has 0 aliphatic carbocycles. The maximum absolute atomic E-state index is 3.41. The van der Waals surface area contributed by atoms with Crippen molar-refractivity contribution in [3.05, 3.63) is 364 Å². The van der Waals surface area contributed by atoms with Crippen LogP contribution in [0.1, 0.15) is 0 Å². The molecule has 0 unspecified atom stereocenters. The van der Waals surface area contributed by atoms with Gasteiger partial charge in [0, 0.05) is 0 Å². The standard InChI is InChI=1S/4C18H15P.Ni/c4*1-4-10-16(11-5-1)19(17-12-6-2-7-13-17)18-14-8-3-9-15-18;/h4*1-15H;. The van der Waals surface area contributed by atoms with E-state index in [2.05, 4.69) is 364 Å². The van der Waals surface area contributed by atoms with Gasteiger partial charge in [0.15, 0.2) is 0 Å². The molecule has 0 bridgehead atoms. The summed E-state index contributed by atoms with van der Waals surface area (Å²) in [6.45, 7) is 0. The van der Waals surface area contributed by atoms with Gasteiger partial charge in [-0.3, -0.25) is 0 Å². The first-order valence-electron chi connectivity index (χ1n) is 26.2. The molecule has 0 heterocycles. The van der Waals surface area contributed by atoms with Crippen molar-refractivity contribution in [2.45, 2.75) is 0 Å². The molecule has 0 aliphatic rings. The monoisotopic (exact) mass is 1110 g/mol. The van der Waals surface area contributed by atoms with Gasteiger partial charge in [-0.25, -0.2) is 0 Å². The minimum absolute atomic E-state index is 1.38. The molecule has 0 N–H and O–H groups in total. The summed E-state index contributed by atoms with van der Waals surface area (Å²) >= 11 is 0. The molecular weight excluding hydrogens is 1050 g/mol. The van der Waals surface area contributed by atoms with Crippen molar-refractivity contribution >= 4 is 87.8 Å². The number of hydrogen-bond acceptors (Lipinski definition) is 0. The normalized spacial score (nSPS) is 12.4. The zero-order valence-corrected chi connectivity index (χ0v) is 47.3. The molecule has 77 heavy (non-hydrogen) atoms. The summed E-state index contributed by atoms with van der Waals surface area (Å²) in [5.41, 5.74) is 0. The quantitative estimate of drug-likeness (QED) is 0.0668. The van der Waals surface area contributed by atoms with Gasteiger partial charge in [0.05, 0.1) is 0 Å². The predicted octanol–water partition coefficient (Wildman–Crippen LogP) is 13.8. The molecule has 0 saturated carbocycles. The fourth-order valence-electron chi connectivity index (χ4n) is 11.4. The van der Waals surface area contributed by atoms with Crippen molar-refractivity contribution in [1.82, 2.24) is 0 Å². The Balaban J connectivity index is 1.64. The van der Waals surface area contributed by atoms with E-state index in [-0.39, 0.29) is 0 Å². The van der Waals surface area contributed by atoms with Crippen LogP contribution in [0, 0.1) is 0 Å². The van der Waals surface area contributed by atoms with Crippen molar-refractivity contribution in [2.75, 3.05) is 0 Å². The van der Waals surface area contributed by atoms with E-state index >= 15 is 0 Å². The van der Waals surface area contributed by atoms with E-state index in [1.54, 1.807) is 0 Å². The third-order valence-corrected chi connectivity index (χ3v) is 76.3. The van der Waals surface area contributed by atoms with Crippen LogP contribution >= 0.6 is 24.1 Å². The van der Waals surface area contributed by atoms with Crippen molar-refractivity contribution in [3.8, 4) is 0 Å². The van der Waals surface area contributed by atoms with Crippen LogP contribution in [0.3, 0.4) is 0 Å². The van der Waals surface area contributed by atoms with Gasteiger partial charge in [-0.05, 0) is 0 Å². The van der Waals surface area contributed by atoms with Gasteiger partial charge in [-0.15, -0.1) is 0 Å². The summed E-state index contributed by atoms with van der Waals surface area (Å²) in [5, 5.41) is 16.5. The van der Waals surface area contributed by atoms with E-state index < -0.39 is 34.8 Å². The number of benzene rings is 12. The van der Waals surface area contributed by atoms with E-state index in [1.165, 1.54) is 63.7 Å². The topological polar surface area (TPSA) is 0 Å². The Labute approximate surface area is 459 Å². The van der Waals surface area contributed by atoms with Gasteiger partial charge in [-0.1, -0.05) is 0 Å². The van der Waals surface area contributed by atoms with Crippen molar-refractivity contribution < 1.29 is 10.7 Å². The van der Waals surface area contributed by atoms with Crippen molar-refractivity contribution in [3.63, 3.8) is 0 Å². The van der Waals surface area contributed by atoms with Crippen LogP contribution in [-0.4, -0.2) is 0 Å². The molecule has 0 saturated heterocycles. The molecule has 4 radical (unpaired) electrons. The Bertz CT molecular complexity index is 2860. The molecule has 12 rings (SSSR count). The van der Waals surface area contributed by atoms with E-state index in [0.29, 0.717) is 0 Å². The molecule has 12 aromatic rings. The van der Waals surface area contributed by atoms with Gasteiger partial charge in [-0.2, -0.15) is 0 Å². The second kappa shape index (κ2) is 22.4. The molecule has 0 atom stereocenters. The van der Waals surface area contributed by atoms with Crippen LogP contribution < -0.4 is 63.7 Å². The molecule has 0 spiro atoms. The molecule has 0 aliphatic heterocycles. The van der Waals surface area contributed by atoms with Crippen LogP contribution in [0.5, 0.6) is 0 Å². The van der Waals surface area contributed by atoms with Gasteiger partial charge >= 0.3 is 462 Å². The van der Waals surface area contributed by atoms with Gasteiger partial charge in [0.25, 0.3) is 0 Å². The summed E-state index contributed by atoms with van der Waals surface area (Å²) in [7, 11) is -3.25. The Hall–Kier alpha value is -7.15. The maximum atomic E-state index is 2.55. The summed E-state index contributed by atoms with van der Waals surface area (Å²) in [4.78, 5) is 0. The Morgan fingerprint density at radius 2 is 0.195 bits per heavy atom. The zero-order chi connectivity index (χ0) is 51.9. The van der Waals surface area contributed by atoms with E-state index in [4.69, 9.17) is 0 Å². The summed E-state index contributed by atoms with van der Waals surface area (Å²) in [6.07, 6.45) is 0. The molecule has 0 fully saturated rings. The molecule has 5 heteroatoms. The second-order valence-corrected chi connectivity index (χ2v) is 50.8. The average Bonchev–Trinajstić information content (AvgIpc) is 3.71. The van der Waals surface area contributed by atoms with E-state index in [0.717, 1.165) is 0 Å². The van der Waals surface area contributed by atoms with Crippen LogP contribution in [-0.2, 0) is 10.7 Å². The first kappa shape index (κ1) is 50.7. The fraction of sp³-hybridized carbons (Fsp3) is 0. The molecule has 0 aromatic heterocycles. The molecular formula is C72H60NiP4. The van der Waals surface area contributed by atoms with Crippen LogP contribution in [0.2, 0.25) is 0 Å². The fourth-order valence-corrected chi connectivity index (χ4v) is 105. The summed E-state index contributed by atoms with van der Waals surface area (Å²) < 4.78 is 0. The van der Waals surface area contributed by atoms with Crippen molar-refractivity contribution in [2.24, 2.45) is 0 Å².